The molecule has 3 nitrogen and oxygen atoms in total. The number of rotatable bonds is 6. The van der Waals surface area contributed by atoms with Crippen molar-refractivity contribution in [1.82, 2.24) is 0 Å². The molecule has 0 aliphatic carbocycles. The smallest absolute Gasteiger partial charge is 0.386 e. The predicted molar refractivity (Wildman–Crippen MR) is 82.7 cm³/mol. The van der Waals surface area contributed by atoms with Crippen LogP contribution in [-0.2, 0) is 8.85 Å². The summed E-state index contributed by atoms with van der Waals surface area (Å²) in [6.07, 6.45) is 0. The molecule has 0 unspecified atom stereocenters. The van der Waals surface area contributed by atoms with Gasteiger partial charge in [-0.1, -0.05) is 36.4 Å². The average Bonchev–Trinajstić information content (AvgIpc) is 2.49. The van der Waals surface area contributed by atoms with Gasteiger partial charge in [0.2, 0.25) is 0 Å². The van der Waals surface area contributed by atoms with Crippen molar-refractivity contribution < 1.29 is 18.0 Å². The van der Waals surface area contributed by atoms with Crippen molar-refractivity contribution in [3.63, 3.8) is 0 Å². The molecule has 21 heavy (non-hydrogen) atoms. The van der Waals surface area contributed by atoms with Gasteiger partial charge in [0.1, 0.15) is 5.82 Å². The minimum atomic E-state index is -3.32. The lowest BCUT2D eigenvalue weighted by molar-refractivity contribution is 0.124. The molecule has 0 saturated carbocycles. The molecule has 2 rings (SSSR count). The van der Waals surface area contributed by atoms with Gasteiger partial charge in [-0.2, -0.15) is 0 Å². The predicted octanol–water partition coefficient (Wildman–Crippen LogP) is 2.70. The topological polar surface area (TPSA) is 38.7 Å². The van der Waals surface area contributed by atoms with Crippen LogP contribution in [0.3, 0.4) is 0 Å². The summed E-state index contributed by atoms with van der Waals surface area (Å²) in [7, 11) is -3.32. The Morgan fingerprint density at radius 2 is 1.29 bits per heavy atom. The van der Waals surface area contributed by atoms with E-state index in [2.05, 4.69) is 0 Å². The van der Waals surface area contributed by atoms with Gasteiger partial charge in [-0.3, -0.25) is 0 Å². The van der Waals surface area contributed by atoms with Crippen molar-refractivity contribution >= 4 is 14.0 Å². The molecule has 112 valence electrons. The monoisotopic (exact) mass is 306 g/mol. The molecule has 0 aliphatic heterocycles. The summed E-state index contributed by atoms with van der Waals surface area (Å²) < 4.78 is 23.8. The number of hydrogen-bond acceptors (Lipinski definition) is 3. The highest BCUT2D eigenvalue weighted by atomic mass is 28.4. The van der Waals surface area contributed by atoms with Crippen LogP contribution in [-0.4, -0.2) is 26.8 Å². The van der Waals surface area contributed by atoms with E-state index in [4.69, 9.17) is 8.85 Å². The summed E-state index contributed by atoms with van der Waals surface area (Å²) >= 11 is 0. The molecule has 0 spiro atoms. The van der Waals surface area contributed by atoms with E-state index in [-0.39, 0.29) is 5.82 Å². The number of halogens is 1. The molecule has 0 radical (unpaired) electrons. The van der Waals surface area contributed by atoms with E-state index in [1.54, 1.807) is 24.3 Å². The van der Waals surface area contributed by atoms with Crippen molar-refractivity contribution in [2.24, 2.45) is 0 Å². The normalized spacial score (nSPS) is 11.6. The van der Waals surface area contributed by atoms with Crippen LogP contribution in [0.4, 0.5) is 4.39 Å². The van der Waals surface area contributed by atoms with Crippen LogP contribution in [0.1, 0.15) is 13.8 Å². The maximum atomic E-state index is 12.9. The second-order valence-corrected chi connectivity index (χ2v) is 6.85. The first-order valence-corrected chi connectivity index (χ1v) is 8.72. The summed E-state index contributed by atoms with van der Waals surface area (Å²) in [6, 6.07) is 13.6. The Morgan fingerprint density at radius 1 is 0.857 bits per heavy atom. The second kappa shape index (κ2) is 6.95. The Balaban J connectivity index is 2.26. The zero-order chi connectivity index (χ0) is 15.3. The quantitative estimate of drug-likeness (QED) is 0.834. The highest BCUT2D eigenvalue weighted by molar-refractivity contribution is 6.74. The summed E-state index contributed by atoms with van der Waals surface area (Å²) in [6.45, 7) is 4.43. The highest BCUT2D eigenvalue weighted by Gasteiger charge is 2.38. The van der Waals surface area contributed by atoms with Gasteiger partial charge in [-0.25, -0.2) is 4.39 Å². The third-order valence-electron chi connectivity index (χ3n) is 3.11. The Hall–Kier alpha value is -1.53. The lowest BCUT2D eigenvalue weighted by Gasteiger charge is -2.23. The van der Waals surface area contributed by atoms with Gasteiger partial charge in [0.25, 0.3) is 0 Å². The molecule has 0 saturated heterocycles. The summed E-state index contributed by atoms with van der Waals surface area (Å²) in [5, 5.41) is 0.664. The number of hydrogen-bond donors (Lipinski definition) is 1. The molecule has 0 fully saturated rings. The first-order valence-electron chi connectivity index (χ1n) is 6.96. The average molecular weight is 306 g/mol. The van der Waals surface area contributed by atoms with Crippen LogP contribution in [0.5, 0.6) is 0 Å². The van der Waals surface area contributed by atoms with Crippen LogP contribution >= 0.6 is 0 Å². The number of benzene rings is 2. The van der Waals surface area contributed by atoms with E-state index in [1.807, 2.05) is 26.0 Å². The molecular formula is C16H19FO3Si. The SMILES string of the molecule is CCO[Si](O)(OCC)c1ccc(-c2ccc(F)cc2)cc1. The molecule has 0 atom stereocenters. The molecule has 0 amide bonds. The molecule has 0 bridgehead atoms. The van der Waals surface area contributed by atoms with Crippen molar-refractivity contribution in [3.05, 3.63) is 54.3 Å². The molecule has 2 aromatic rings. The maximum Gasteiger partial charge on any atom is 0.534 e. The first kappa shape index (κ1) is 15.8. The molecule has 0 aliphatic rings. The highest BCUT2D eigenvalue weighted by Crippen LogP contribution is 2.19. The molecule has 0 aromatic heterocycles. The lowest BCUT2D eigenvalue weighted by Crippen LogP contribution is -2.54. The van der Waals surface area contributed by atoms with E-state index in [0.717, 1.165) is 11.1 Å². The molecule has 5 heteroatoms. The lowest BCUT2D eigenvalue weighted by atomic mass is 10.1. The largest absolute Gasteiger partial charge is 0.534 e. The fourth-order valence-corrected chi connectivity index (χ4v) is 3.90. The van der Waals surface area contributed by atoms with Gasteiger partial charge < -0.3 is 13.6 Å². The van der Waals surface area contributed by atoms with E-state index >= 15 is 0 Å². The van der Waals surface area contributed by atoms with Crippen molar-refractivity contribution in [1.29, 1.82) is 0 Å². The van der Waals surface area contributed by atoms with Crippen LogP contribution in [0.2, 0.25) is 0 Å². The molecule has 2 aromatic carbocycles. The van der Waals surface area contributed by atoms with E-state index in [1.165, 1.54) is 12.1 Å². The third kappa shape index (κ3) is 3.77. The minimum Gasteiger partial charge on any atom is -0.386 e. The van der Waals surface area contributed by atoms with Gasteiger partial charge >= 0.3 is 8.80 Å². The standard InChI is InChI=1S/C16H19FO3Si/c1-3-19-21(18,20-4-2)16-11-7-14(8-12-16)13-5-9-15(17)10-6-13/h5-12,18H,3-4H2,1-2H3. The molecule has 1 N–H and O–H groups in total. The second-order valence-electron chi connectivity index (χ2n) is 4.53. The Bertz CT molecular complexity index is 563. The van der Waals surface area contributed by atoms with Gasteiger partial charge in [0.15, 0.2) is 0 Å². The Kier molecular flexibility index (Phi) is 5.25. The zero-order valence-electron chi connectivity index (χ0n) is 12.2. The molecular weight excluding hydrogens is 287 g/mol. The van der Waals surface area contributed by atoms with Crippen molar-refractivity contribution in [2.45, 2.75) is 13.8 Å². The van der Waals surface area contributed by atoms with Gasteiger partial charge in [-0.05, 0) is 37.1 Å². The fourth-order valence-electron chi connectivity index (χ4n) is 2.12. The molecule has 0 heterocycles. The van der Waals surface area contributed by atoms with Gasteiger partial charge in [-0.15, -0.1) is 0 Å². The van der Waals surface area contributed by atoms with E-state index < -0.39 is 8.80 Å². The van der Waals surface area contributed by atoms with E-state index in [0.29, 0.717) is 18.4 Å². The zero-order valence-corrected chi connectivity index (χ0v) is 13.2. The summed E-state index contributed by atoms with van der Waals surface area (Å²) in [5.41, 5.74) is 1.86. The van der Waals surface area contributed by atoms with Gasteiger partial charge in [0, 0.05) is 18.4 Å². The van der Waals surface area contributed by atoms with Crippen LogP contribution < -0.4 is 5.19 Å². The summed E-state index contributed by atoms with van der Waals surface area (Å²) in [5.74, 6) is -0.259. The van der Waals surface area contributed by atoms with E-state index in [9.17, 15) is 9.19 Å². The van der Waals surface area contributed by atoms with Crippen molar-refractivity contribution in [2.75, 3.05) is 13.2 Å². The Labute approximate surface area is 125 Å². The first-order chi connectivity index (χ1) is 10.1. The van der Waals surface area contributed by atoms with Gasteiger partial charge in [0.05, 0.1) is 0 Å². The maximum absolute atomic E-state index is 12.9. The van der Waals surface area contributed by atoms with Crippen LogP contribution in [0.25, 0.3) is 11.1 Å². The van der Waals surface area contributed by atoms with Crippen LogP contribution in [0, 0.1) is 5.82 Å². The third-order valence-corrected chi connectivity index (χ3v) is 5.53. The van der Waals surface area contributed by atoms with Crippen LogP contribution in [0.15, 0.2) is 48.5 Å². The fraction of sp³-hybridized carbons (Fsp3) is 0.250. The summed E-state index contributed by atoms with van der Waals surface area (Å²) in [4.78, 5) is 10.5. The van der Waals surface area contributed by atoms with Crippen molar-refractivity contribution in [3.8, 4) is 11.1 Å². The Morgan fingerprint density at radius 3 is 1.71 bits per heavy atom. The minimum absolute atomic E-state index is 0.259.